The Morgan fingerprint density at radius 3 is 2.67 bits per heavy atom. The third-order valence-electron chi connectivity index (χ3n) is 9.76. The molecule has 0 bridgehead atoms. The lowest BCUT2D eigenvalue weighted by Gasteiger charge is -2.43. The Kier molecular flexibility index (Phi) is 8.51. The number of likely N-dealkylation sites (tertiary alicyclic amines) is 1. The minimum absolute atomic E-state index is 0.0299. The highest BCUT2D eigenvalue weighted by Gasteiger charge is 2.40. The number of nitrogens with zero attached hydrogens (tertiary/aromatic N) is 5. The largest absolute Gasteiger partial charge is 0.508 e. The van der Waals surface area contributed by atoms with E-state index in [1.165, 1.54) is 24.4 Å². The standard InChI is InChI=1S/C34H40F3N5O3/c1-5-23-26(36)7-6-20-12-22(43)13-24(28(20)23)30-29(37)31-25(15-38-30)32(42-11-9-27(44)19(2)16-42)40-33(39-31)45-18-34(3)17-41(4)10-8-21(34)14-35/h6-7,12-13,15,19,21,27,43-44H,5,8-11,14,16-18H2,1-4H3/t19?,21-,27?,34+/m1/s1. The van der Waals surface area contributed by atoms with Crippen LogP contribution in [0.25, 0.3) is 32.9 Å². The van der Waals surface area contributed by atoms with Crippen LogP contribution in [0.5, 0.6) is 11.8 Å². The number of alkyl halides is 1. The molecule has 0 radical (unpaired) electrons. The lowest BCUT2D eigenvalue weighted by Crippen LogP contribution is -2.49. The lowest BCUT2D eigenvalue weighted by atomic mass is 9.73. The van der Waals surface area contributed by atoms with Gasteiger partial charge in [-0.3, -0.25) is 9.37 Å². The summed E-state index contributed by atoms with van der Waals surface area (Å²) in [6, 6.07) is 5.76. The third-order valence-corrected chi connectivity index (χ3v) is 9.76. The van der Waals surface area contributed by atoms with Gasteiger partial charge in [-0.15, -0.1) is 0 Å². The zero-order valence-corrected chi connectivity index (χ0v) is 26.2. The van der Waals surface area contributed by atoms with Crippen LogP contribution in [0.1, 0.15) is 39.2 Å². The summed E-state index contributed by atoms with van der Waals surface area (Å²) in [5.74, 6) is -1.09. The average molecular weight is 624 g/mol. The number of rotatable bonds is 7. The van der Waals surface area contributed by atoms with Gasteiger partial charge in [0.15, 0.2) is 5.82 Å². The normalized spacial score (nSPS) is 24.4. The number of benzene rings is 2. The summed E-state index contributed by atoms with van der Waals surface area (Å²) in [5.41, 5.74) is 0.0251. The molecule has 4 aromatic rings. The molecule has 0 amide bonds. The number of phenols is 1. The van der Waals surface area contributed by atoms with Crippen molar-refractivity contribution in [2.24, 2.45) is 17.3 Å². The number of aliphatic hydroxyl groups excluding tert-OH is 1. The van der Waals surface area contributed by atoms with Crippen LogP contribution in [0.2, 0.25) is 0 Å². The number of aromatic nitrogens is 3. The fourth-order valence-electron chi connectivity index (χ4n) is 7.08. The number of piperidine rings is 2. The van der Waals surface area contributed by atoms with E-state index in [0.717, 1.165) is 6.54 Å². The number of hydrogen-bond donors (Lipinski definition) is 2. The first-order chi connectivity index (χ1) is 21.5. The molecule has 2 aliphatic heterocycles. The van der Waals surface area contributed by atoms with Crippen LogP contribution in [-0.2, 0) is 6.42 Å². The van der Waals surface area contributed by atoms with E-state index >= 15 is 4.39 Å². The van der Waals surface area contributed by atoms with Crippen molar-refractivity contribution in [3.8, 4) is 23.0 Å². The van der Waals surface area contributed by atoms with Gasteiger partial charge in [-0.25, -0.2) is 8.78 Å². The molecule has 0 aliphatic carbocycles. The number of anilines is 1. The molecule has 2 aromatic carbocycles. The number of halogens is 3. The smallest absolute Gasteiger partial charge is 0.319 e. The quantitative estimate of drug-likeness (QED) is 0.263. The first-order valence-corrected chi connectivity index (χ1v) is 15.6. The number of pyridine rings is 1. The van der Waals surface area contributed by atoms with Crippen molar-refractivity contribution >= 4 is 27.5 Å². The number of hydrogen-bond acceptors (Lipinski definition) is 8. The van der Waals surface area contributed by atoms with E-state index < -0.39 is 29.8 Å². The Hall–Kier alpha value is -3.70. The highest BCUT2D eigenvalue weighted by atomic mass is 19.1. The van der Waals surface area contributed by atoms with Crippen molar-refractivity contribution in [1.29, 1.82) is 0 Å². The molecule has 2 aliphatic rings. The summed E-state index contributed by atoms with van der Waals surface area (Å²) in [6.07, 6.45) is 2.61. The van der Waals surface area contributed by atoms with Gasteiger partial charge in [-0.1, -0.05) is 26.8 Å². The zero-order chi connectivity index (χ0) is 32.0. The van der Waals surface area contributed by atoms with Gasteiger partial charge in [-0.05, 0) is 79.2 Å². The summed E-state index contributed by atoms with van der Waals surface area (Å²) in [7, 11) is 1.99. The summed E-state index contributed by atoms with van der Waals surface area (Å²) in [4.78, 5) is 17.9. The Bertz CT molecular complexity index is 1740. The van der Waals surface area contributed by atoms with Crippen LogP contribution in [0.4, 0.5) is 19.0 Å². The molecule has 45 heavy (non-hydrogen) atoms. The average Bonchev–Trinajstić information content (AvgIpc) is 3.01. The van der Waals surface area contributed by atoms with Gasteiger partial charge >= 0.3 is 6.01 Å². The topological polar surface area (TPSA) is 94.8 Å². The van der Waals surface area contributed by atoms with Crippen LogP contribution >= 0.6 is 0 Å². The molecule has 8 nitrogen and oxygen atoms in total. The lowest BCUT2D eigenvalue weighted by molar-refractivity contribution is 0.000311. The maximum atomic E-state index is 16.8. The second-order valence-electron chi connectivity index (χ2n) is 13.1. The summed E-state index contributed by atoms with van der Waals surface area (Å²) in [6.45, 7) is 7.83. The highest BCUT2D eigenvalue weighted by Crippen LogP contribution is 2.40. The molecule has 240 valence electrons. The Labute approximate surface area is 260 Å². The Morgan fingerprint density at radius 1 is 1.13 bits per heavy atom. The van der Waals surface area contributed by atoms with E-state index in [1.54, 1.807) is 6.07 Å². The second kappa shape index (κ2) is 12.2. The monoisotopic (exact) mass is 623 g/mol. The van der Waals surface area contributed by atoms with E-state index in [0.29, 0.717) is 66.4 Å². The van der Waals surface area contributed by atoms with Gasteiger partial charge in [0.05, 0.1) is 24.8 Å². The predicted octanol–water partition coefficient (Wildman–Crippen LogP) is 5.90. The fourth-order valence-corrected chi connectivity index (χ4v) is 7.08. The van der Waals surface area contributed by atoms with Crippen molar-refractivity contribution in [2.45, 2.75) is 46.1 Å². The van der Waals surface area contributed by atoms with Crippen LogP contribution in [0.3, 0.4) is 0 Å². The summed E-state index contributed by atoms with van der Waals surface area (Å²) >= 11 is 0. The number of fused-ring (bicyclic) bond motifs is 2. The molecule has 2 aromatic heterocycles. The van der Waals surface area contributed by atoms with E-state index in [9.17, 15) is 19.0 Å². The van der Waals surface area contributed by atoms with Gasteiger partial charge in [0.2, 0.25) is 0 Å². The van der Waals surface area contributed by atoms with Crippen LogP contribution in [0, 0.1) is 28.9 Å². The molecule has 0 spiro atoms. The van der Waals surface area contributed by atoms with Crippen molar-refractivity contribution in [1.82, 2.24) is 19.9 Å². The molecule has 4 heterocycles. The Morgan fingerprint density at radius 2 is 1.93 bits per heavy atom. The minimum atomic E-state index is -0.755. The van der Waals surface area contributed by atoms with Crippen molar-refractivity contribution < 1.29 is 28.1 Å². The molecule has 0 saturated carbocycles. The molecular formula is C34H40F3N5O3. The number of aliphatic hydroxyl groups is 1. The predicted molar refractivity (Wildman–Crippen MR) is 168 cm³/mol. The zero-order valence-electron chi connectivity index (χ0n) is 26.2. The Balaban J connectivity index is 1.50. The highest BCUT2D eigenvalue weighted by molar-refractivity contribution is 6.01. The molecular weight excluding hydrogens is 583 g/mol. The van der Waals surface area contributed by atoms with Crippen LogP contribution < -0.4 is 9.64 Å². The third kappa shape index (κ3) is 5.76. The first-order valence-electron chi connectivity index (χ1n) is 15.6. The fraction of sp³-hybridized carbons (Fsp3) is 0.500. The number of aromatic hydroxyl groups is 1. The molecule has 2 saturated heterocycles. The van der Waals surface area contributed by atoms with E-state index in [4.69, 9.17) is 9.72 Å². The molecule has 6 rings (SSSR count). The van der Waals surface area contributed by atoms with Crippen molar-refractivity contribution in [3.05, 3.63) is 47.7 Å². The summed E-state index contributed by atoms with van der Waals surface area (Å²) in [5, 5.41) is 22.3. The van der Waals surface area contributed by atoms with Gasteiger partial charge in [0.1, 0.15) is 28.6 Å². The van der Waals surface area contributed by atoms with E-state index in [1.807, 2.05) is 32.7 Å². The second-order valence-corrected chi connectivity index (χ2v) is 13.1. The van der Waals surface area contributed by atoms with E-state index in [-0.39, 0.29) is 47.0 Å². The van der Waals surface area contributed by atoms with Gasteiger partial charge in [0, 0.05) is 36.8 Å². The van der Waals surface area contributed by atoms with E-state index in [2.05, 4.69) is 14.9 Å². The maximum absolute atomic E-state index is 16.8. The van der Waals surface area contributed by atoms with Crippen LogP contribution in [0.15, 0.2) is 30.5 Å². The van der Waals surface area contributed by atoms with Gasteiger partial charge in [-0.2, -0.15) is 9.97 Å². The maximum Gasteiger partial charge on any atom is 0.319 e. The molecule has 2 N–H and O–H groups in total. The minimum Gasteiger partial charge on any atom is -0.508 e. The number of aryl methyl sites for hydroxylation is 1. The number of ether oxygens (including phenoxy) is 1. The molecule has 2 unspecified atom stereocenters. The molecule has 11 heteroatoms. The van der Waals surface area contributed by atoms with Crippen molar-refractivity contribution in [2.75, 3.05) is 51.4 Å². The SMILES string of the molecule is CCc1c(F)ccc2cc(O)cc(-c3ncc4c(N5CCC(O)C(C)C5)nc(OC[C@]5(C)CN(C)CC[C@@H]5CF)nc4c3F)c12. The molecule has 2 fully saturated rings. The van der Waals surface area contributed by atoms with Crippen molar-refractivity contribution in [3.63, 3.8) is 0 Å². The van der Waals surface area contributed by atoms with Gasteiger partial charge in [0.25, 0.3) is 0 Å². The van der Waals surface area contributed by atoms with Crippen LogP contribution in [-0.4, -0.2) is 82.7 Å². The summed E-state index contributed by atoms with van der Waals surface area (Å²) < 4.78 is 51.9. The first kappa shape index (κ1) is 31.3. The van der Waals surface area contributed by atoms with Gasteiger partial charge < -0.3 is 24.7 Å². The molecule has 4 atom stereocenters. The number of phenolic OH excluding ortho intramolecular Hbond substituents is 1.